The van der Waals surface area contributed by atoms with Crippen LogP contribution in [-0.2, 0) is 21.3 Å². The lowest BCUT2D eigenvalue weighted by Crippen LogP contribution is -2.28. The highest BCUT2D eigenvalue weighted by molar-refractivity contribution is 7.88. The molecule has 0 fully saturated rings. The molecule has 3 aromatic rings. The van der Waals surface area contributed by atoms with E-state index in [1.165, 1.54) is 12.1 Å². The molecular formula is C22H20ClF3N2O4S. The van der Waals surface area contributed by atoms with Crippen LogP contribution in [0.25, 0.3) is 16.9 Å². The molecule has 0 atom stereocenters. The molecule has 1 aromatic heterocycles. The molecule has 0 spiro atoms. The molecule has 0 aliphatic rings. The number of carbonyl (C=O) groups is 1. The molecule has 0 radical (unpaired) electrons. The normalized spacial score (nSPS) is 12.2. The van der Waals surface area contributed by atoms with Crippen molar-refractivity contribution < 1.29 is 30.6 Å². The second-order valence-electron chi connectivity index (χ2n) is 7.73. The van der Waals surface area contributed by atoms with Crippen molar-refractivity contribution in [2.75, 3.05) is 0 Å². The van der Waals surface area contributed by atoms with Gasteiger partial charge in [-0.05, 0) is 54.4 Å². The summed E-state index contributed by atoms with van der Waals surface area (Å²) in [5.41, 5.74) is -3.35. The van der Waals surface area contributed by atoms with Crippen molar-refractivity contribution in [2.45, 2.75) is 32.2 Å². The van der Waals surface area contributed by atoms with E-state index in [4.69, 9.17) is 11.6 Å². The molecule has 0 saturated carbocycles. The number of alkyl halides is 3. The van der Waals surface area contributed by atoms with Gasteiger partial charge in [0.05, 0.1) is 17.1 Å². The molecule has 2 aromatic carbocycles. The van der Waals surface area contributed by atoms with Crippen LogP contribution in [0, 0.1) is 5.92 Å². The van der Waals surface area contributed by atoms with E-state index in [1.54, 1.807) is 35.0 Å². The van der Waals surface area contributed by atoms with Gasteiger partial charge < -0.3 is 4.18 Å². The Morgan fingerprint density at radius 1 is 1.12 bits per heavy atom. The number of nitrogens with zero attached hydrogens (tertiary/aromatic N) is 2. The van der Waals surface area contributed by atoms with Crippen LogP contribution < -0.4 is 4.18 Å². The first-order valence-electron chi connectivity index (χ1n) is 9.83. The SMILES string of the molecule is CC(C)CC(=O)Cc1cc(-c2ccc(OS(=O)(=O)C(F)(F)F)cc2)nn1-c1cccc(Cl)c1. The minimum atomic E-state index is -5.76. The molecule has 33 heavy (non-hydrogen) atoms. The summed E-state index contributed by atoms with van der Waals surface area (Å²) in [6.45, 7) is 3.89. The maximum Gasteiger partial charge on any atom is 0.534 e. The average Bonchev–Trinajstić information content (AvgIpc) is 3.10. The molecule has 6 nitrogen and oxygen atoms in total. The Kier molecular flexibility index (Phi) is 7.18. The van der Waals surface area contributed by atoms with Crippen LogP contribution in [0.2, 0.25) is 5.02 Å². The van der Waals surface area contributed by atoms with E-state index < -0.39 is 21.4 Å². The Morgan fingerprint density at radius 3 is 2.36 bits per heavy atom. The second-order valence-corrected chi connectivity index (χ2v) is 9.71. The molecule has 0 bridgehead atoms. The van der Waals surface area contributed by atoms with Gasteiger partial charge in [-0.3, -0.25) is 4.79 Å². The van der Waals surface area contributed by atoms with Crippen LogP contribution in [0.3, 0.4) is 0 Å². The Hall–Kier alpha value is -2.85. The highest BCUT2D eigenvalue weighted by Gasteiger charge is 2.48. The summed E-state index contributed by atoms with van der Waals surface area (Å²) in [6.07, 6.45) is 0.526. The van der Waals surface area contributed by atoms with Crippen molar-refractivity contribution in [1.82, 2.24) is 9.78 Å². The fourth-order valence-electron chi connectivity index (χ4n) is 3.10. The predicted octanol–water partition coefficient (Wildman–Crippen LogP) is 5.58. The van der Waals surface area contributed by atoms with Crippen molar-refractivity contribution >= 4 is 27.5 Å². The summed E-state index contributed by atoms with van der Waals surface area (Å²) in [5, 5.41) is 5.02. The molecule has 0 unspecified atom stereocenters. The van der Waals surface area contributed by atoms with Crippen molar-refractivity contribution in [3.05, 3.63) is 65.3 Å². The first kappa shape index (κ1) is 24.8. The Bertz CT molecular complexity index is 1250. The zero-order valence-electron chi connectivity index (χ0n) is 17.6. The molecule has 1 heterocycles. The summed E-state index contributed by atoms with van der Waals surface area (Å²) in [4.78, 5) is 12.4. The monoisotopic (exact) mass is 500 g/mol. The lowest BCUT2D eigenvalue weighted by atomic mass is 10.0. The number of hydrogen-bond donors (Lipinski definition) is 0. The first-order chi connectivity index (χ1) is 15.4. The van der Waals surface area contributed by atoms with Crippen LogP contribution in [-0.4, -0.2) is 29.5 Å². The number of ketones is 1. The minimum Gasteiger partial charge on any atom is -0.376 e. The zero-order valence-corrected chi connectivity index (χ0v) is 19.2. The number of hydrogen-bond acceptors (Lipinski definition) is 5. The molecular weight excluding hydrogens is 481 g/mol. The molecule has 3 rings (SSSR count). The Balaban J connectivity index is 1.94. The summed E-state index contributed by atoms with van der Waals surface area (Å²) in [5.74, 6) is -0.265. The highest BCUT2D eigenvalue weighted by atomic mass is 35.5. The van der Waals surface area contributed by atoms with Gasteiger partial charge in [0, 0.05) is 23.4 Å². The summed E-state index contributed by atoms with van der Waals surface area (Å²) in [7, 11) is -5.76. The Labute approximate surface area is 194 Å². The molecule has 0 aliphatic heterocycles. The lowest BCUT2D eigenvalue weighted by molar-refractivity contribution is -0.119. The third kappa shape index (κ3) is 6.14. The minimum absolute atomic E-state index is 0.0285. The number of rotatable bonds is 8. The smallest absolute Gasteiger partial charge is 0.376 e. The second kappa shape index (κ2) is 9.56. The van der Waals surface area contributed by atoms with Gasteiger partial charge in [-0.15, -0.1) is 0 Å². The van der Waals surface area contributed by atoms with Crippen LogP contribution in [0.4, 0.5) is 13.2 Å². The number of benzene rings is 2. The lowest BCUT2D eigenvalue weighted by Gasteiger charge is -2.09. The topological polar surface area (TPSA) is 78.3 Å². The summed E-state index contributed by atoms with van der Waals surface area (Å²) < 4.78 is 65.6. The standard InChI is InChI=1S/C22H20ClF3N2O4S/c1-14(2)10-19(29)12-18-13-21(27-28(18)17-5-3-4-16(23)11-17)15-6-8-20(9-7-15)32-33(30,31)22(24,25)26/h3-9,11,13-14H,10,12H2,1-2H3. The molecule has 0 N–H and O–H groups in total. The average molecular weight is 501 g/mol. The fourth-order valence-corrected chi connectivity index (χ4v) is 3.75. The number of halogens is 4. The van der Waals surface area contributed by atoms with E-state index in [0.29, 0.717) is 34.1 Å². The van der Waals surface area contributed by atoms with Crippen LogP contribution in [0.5, 0.6) is 5.75 Å². The van der Waals surface area contributed by atoms with Gasteiger partial charge in [-0.25, -0.2) is 4.68 Å². The maximum atomic E-state index is 12.5. The van der Waals surface area contributed by atoms with Crippen LogP contribution >= 0.6 is 11.6 Å². The largest absolute Gasteiger partial charge is 0.534 e. The third-order valence-electron chi connectivity index (χ3n) is 4.49. The van der Waals surface area contributed by atoms with Crippen LogP contribution in [0.15, 0.2) is 54.6 Å². The molecule has 0 amide bonds. The van der Waals surface area contributed by atoms with E-state index >= 15 is 0 Å². The van der Waals surface area contributed by atoms with Gasteiger partial charge in [0.2, 0.25) is 0 Å². The highest BCUT2D eigenvalue weighted by Crippen LogP contribution is 2.29. The summed E-state index contributed by atoms with van der Waals surface area (Å²) in [6, 6.07) is 13.6. The fraction of sp³-hybridized carbons (Fsp3) is 0.273. The van der Waals surface area contributed by atoms with E-state index in [9.17, 15) is 26.4 Å². The molecule has 0 saturated heterocycles. The third-order valence-corrected chi connectivity index (χ3v) is 5.70. The van der Waals surface area contributed by atoms with Gasteiger partial charge in [0.25, 0.3) is 0 Å². The van der Waals surface area contributed by atoms with E-state index in [2.05, 4.69) is 9.28 Å². The maximum absolute atomic E-state index is 12.5. The van der Waals surface area contributed by atoms with Gasteiger partial charge in [0.15, 0.2) is 0 Å². The van der Waals surface area contributed by atoms with Crippen molar-refractivity contribution in [3.8, 4) is 22.7 Å². The zero-order chi connectivity index (χ0) is 24.4. The number of aromatic nitrogens is 2. The number of carbonyl (C=O) groups excluding carboxylic acids is 1. The van der Waals surface area contributed by atoms with Crippen molar-refractivity contribution in [2.24, 2.45) is 5.92 Å². The van der Waals surface area contributed by atoms with E-state index in [-0.39, 0.29) is 18.1 Å². The van der Waals surface area contributed by atoms with E-state index in [1.807, 2.05) is 13.8 Å². The molecule has 0 aliphatic carbocycles. The molecule has 176 valence electrons. The van der Waals surface area contributed by atoms with Crippen molar-refractivity contribution in [3.63, 3.8) is 0 Å². The summed E-state index contributed by atoms with van der Waals surface area (Å²) >= 11 is 6.10. The number of Topliss-reactive ketones (excluding diaryl/α,β-unsaturated/α-hetero) is 1. The first-order valence-corrected chi connectivity index (χ1v) is 11.6. The van der Waals surface area contributed by atoms with E-state index in [0.717, 1.165) is 12.1 Å². The van der Waals surface area contributed by atoms with Gasteiger partial charge in [-0.2, -0.15) is 26.7 Å². The van der Waals surface area contributed by atoms with Crippen molar-refractivity contribution in [1.29, 1.82) is 0 Å². The predicted molar refractivity (Wildman–Crippen MR) is 118 cm³/mol. The Morgan fingerprint density at radius 2 is 1.79 bits per heavy atom. The van der Waals surface area contributed by atoms with Gasteiger partial charge in [0.1, 0.15) is 11.5 Å². The molecule has 11 heteroatoms. The van der Waals surface area contributed by atoms with Gasteiger partial charge in [-0.1, -0.05) is 31.5 Å². The quantitative estimate of drug-likeness (QED) is 0.298. The van der Waals surface area contributed by atoms with Gasteiger partial charge >= 0.3 is 15.6 Å². The van der Waals surface area contributed by atoms with Crippen LogP contribution in [0.1, 0.15) is 26.0 Å².